The minimum atomic E-state index is 0. The van der Waals surface area contributed by atoms with E-state index in [9.17, 15) is 0 Å². The number of hydrogen-bond donors (Lipinski definition) is 1. The summed E-state index contributed by atoms with van der Waals surface area (Å²) in [5.74, 6) is 1.98. The Balaban J connectivity index is 0.00000300. The van der Waals surface area contributed by atoms with Gasteiger partial charge in [-0.05, 0) is 37.2 Å². The molecule has 0 bridgehead atoms. The summed E-state index contributed by atoms with van der Waals surface area (Å²) in [6.07, 6.45) is 1.90. The Hall–Kier alpha value is -1.87. The summed E-state index contributed by atoms with van der Waals surface area (Å²) < 4.78 is 0. The lowest BCUT2D eigenvalue weighted by Crippen LogP contribution is -2.44. The molecule has 0 atom stereocenters. The van der Waals surface area contributed by atoms with Gasteiger partial charge in [0, 0.05) is 52.5 Å². The van der Waals surface area contributed by atoms with Crippen LogP contribution in [0, 0.1) is 0 Å². The van der Waals surface area contributed by atoms with Gasteiger partial charge in [0.15, 0.2) is 5.96 Å². The van der Waals surface area contributed by atoms with Crippen LogP contribution in [0.25, 0.3) is 0 Å². The van der Waals surface area contributed by atoms with Crippen LogP contribution in [0.15, 0.2) is 53.7 Å². The van der Waals surface area contributed by atoms with Crippen molar-refractivity contribution < 1.29 is 0 Å². The maximum absolute atomic E-state index is 4.86. The van der Waals surface area contributed by atoms with E-state index < -0.39 is 0 Å². The van der Waals surface area contributed by atoms with Gasteiger partial charge in [-0.25, -0.2) is 9.98 Å². The molecule has 0 radical (unpaired) electrons. The fourth-order valence-corrected chi connectivity index (χ4v) is 3.34. The number of aromatic nitrogens is 1. The standard InChI is InChI=1S/C22H32N6.HI/c1-4-23-22(27(3)18-19-8-6-5-7-9-19)25-17-20-10-11-24-21(16-20)28-14-12-26(2)13-15-28;/h5-11,16H,4,12-15,17-18H2,1-3H3,(H,23,25);1H. The molecule has 1 aliphatic rings. The second kappa shape index (κ2) is 12.0. The lowest BCUT2D eigenvalue weighted by molar-refractivity contribution is 0.312. The molecule has 0 saturated carbocycles. The van der Waals surface area contributed by atoms with Crippen molar-refractivity contribution in [2.24, 2.45) is 4.99 Å². The smallest absolute Gasteiger partial charge is 0.194 e. The molecule has 158 valence electrons. The molecule has 0 amide bonds. The third-order valence-corrected chi connectivity index (χ3v) is 5.01. The molecule has 0 unspecified atom stereocenters. The molecule has 29 heavy (non-hydrogen) atoms. The lowest BCUT2D eigenvalue weighted by Gasteiger charge is -2.33. The SMILES string of the molecule is CCNC(=NCc1ccnc(N2CCN(C)CC2)c1)N(C)Cc1ccccc1.I. The first-order chi connectivity index (χ1) is 13.7. The summed E-state index contributed by atoms with van der Waals surface area (Å²) in [6, 6.07) is 14.7. The highest BCUT2D eigenvalue weighted by Crippen LogP contribution is 2.15. The van der Waals surface area contributed by atoms with Crippen molar-refractivity contribution in [2.75, 3.05) is 51.7 Å². The molecule has 1 aromatic heterocycles. The Bertz CT molecular complexity index is 759. The number of benzene rings is 1. The summed E-state index contributed by atoms with van der Waals surface area (Å²) in [6.45, 7) is 8.64. The van der Waals surface area contributed by atoms with Crippen molar-refractivity contribution in [2.45, 2.75) is 20.0 Å². The fraction of sp³-hybridized carbons (Fsp3) is 0.455. The molecule has 0 spiro atoms. The van der Waals surface area contributed by atoms with Gasteiger partial charge in [0.2, 0.25) is 0 Å². The van der Waals surface area contributed by atoms with Gasteiger partial charge >= 0.3 is 0 Å². The van der Waals surface area contributed by atoms with Crippen molar-refractivity contribution in [3.05, 3.63) is 59.8 Å². The highest BCUT2D eigenvalue weighted by Gasteiger charge is 2.15. The second-order valence-corrected chi connectivity index (χ2v) is 7.32. The summed E-state index contributed by atoms with van der Waals surface area (Å²) in [4.78, 5) is 16.3. The number of aliphatic imine (C=N–C) groups is 1. The molecule has 2 aromatic rings. The Morgan fingerprint density at radius 1 is 1.10 bits per heavy atom. The molecule has 7 heteroatoms. The van der Waals surface area contributed by atoms with Crippen molar-refractivity contribution in [1.29, 1.82) is 0 Å². The molecule has 1 aliphatic heterocycles. The minimum Gasteiger partial charge on any atom is -0.357 e. The maximum atomic E-state index is 4.86. The molecule has 3 rings (SSSR count). The van der Waals surface area contributed by atoms with Gasteiger partial charge < -0.3 is 20.0 Å². The van der Waals surface area contributed by atoms with Crippen molar-refractivity contribution in [1.82, 2.24) is 20.1 Å². The minimum absolute atomic E-state index is 0. The Morgan fingerprint density at radius 2 is 1.83 bits per heavy atom. The van der Waals surface area contributed by atoms with Crippen LogP contribution in [0.1, 0.15) is 18.1 Å². The Kier molecular flexibility index (Phi) is 9.66. The van der Waals surface area contributed by atoms with E-state index in [-0.39, 0.29) is 24.0 Å². The molecule has 1 saturated heterocycles. The van der Waals surface area contributed by atoms with Gasteiger partial charge in [-0.2, -0.15) is 0 Å². The van der Waals surface area contributed by atoms with E-state index in [0.29, 0.717) is 6.54 Å². The van der Waals surface area contributed by atoms with E-state index in [1.165, 1.54) is 11.1 Å². The second-order valence-electron chi connectivity index (χ2n) is 7.32. The molecule has 2 heterocycles. The van der Waals surface area contributed by atoms with Gasteiger partial charge in [0.25, 0.3) is 0 Å². The molecule has 0 aliphatic carbocycles. The van der Waals surface area contributed by atoms with E-state index in [1.54, 1.807) is 0 Å². The van der Waals surface area contributed by atoms with Crippen LogP contribution >= 0.6 is 24.0 Å². The molecular formula is C22H33IN6. The predicted octanol–water partition coefficient (Wildman–Crippen LogP) is 3.05. The third kappa shape index (κ3) is 7.15. The lowest BCUT2D eigenvalue weighted by atomic mass is 10.2. The highest BCUT2D eigenvalue weighted by molar-refractivity contribution is 14.0. The van der Waals surface area contributed by atoms with Crippen LogP contribution in [0.2, 0.25) is 0 Å². The number of anilines is 1. The maximum Gasteiger partial charge on any atom is 0.194 e. The van der Waals surface area contributed by atoms with E-state index in [0.717, 1.165) is 51.0 Å². The quantitative estimate of drug-likeness (QED) is 0.370. The number of hydrogen-bond acceptors (Lipinski definition) is 4. The third-order valence-electron chi connectivity index (χ3n) is 5.01. The zero-order valence-electron chi connectivity index (χ0n) is 17.7. The van der Waals surface area contributed by atoms with Crippen LogP contribution in [-0.4, -0.2) is 67.6 Å². The Labute approximate surface area is 192 Å². The highest BCUT2D eigenvalue weighted by atomic mass is 127. The van der Waals surface area contributed by atoms with E-state index in [2.05, 4.69) is 82.4 Å². The topological polar surface area (TPSA) is 47.0 Å². The summed E-state index contributed by atoms with van der Waals surface area (Å²) in [5, 5.41) is 3.40. The average molecular weight is 508 g/mol. The average Bonchev–Trinajstić information content (AvgIpc) is 2.72. The first-order valence-corrected chi connectivity index (χ1v) is 10.1. The zero-order chi connectivity index (χ0) is 19.8. The number of piperazine rings is 1. The molecule has 1 fully saturated rings. The van der Waals surface area contributed by atoms with Crippen molar-refractivity contribution in [3.8, 4) is 0 Å². The normalized spacial score (nSPS) is 15.0. The summed E-state index contributed by atoms with van der Waals surface area (Å²) in [5.41, 5.74) is 2.46. The van der Waals surface area contributed by atoms with Gasteiger partial charge in [-0.15, -0.1) is 24.0 Å². The Morgan fingerprint density at radius 3 is 2.52 bits per heavy atom. The monoisotopic (exact) mass is 508 g/mol. The van der Waals surface area contributed by atoms with Crippen LogP contribution in [0.4, 0.5) is 5.82 Å². The zero-order valence-corrected chi connectivity index (χ0v) is 20.0. The number of nitrogens with zero attached hydrogens (tertiary/aromatic N) is 5. The van der Waals surface area contributed by atoms with E-state index >= 15 is 0 Å². The van der Waals surface area contributed by atoms with Crippen molar-refractivity contribution >= 4 is 35.8 Å². The van der Waals surface area contributed by atoms with Crippen LogP contribution in [0.5, 0.6) is 0 Å². The molecule has 1 aromatic carbocycles. The number of halogens is 1. The van der Waals surface area contributed by atoms with Gasteiger partial charge in [0.05, 0.1) is 6.54 Å². The van der Waals surface area contributed by atoms with Crippen LogP contribution in [-0.2, 0) is 13.1 Å². The molecular weight excluding hydrogens is 475 g/mol. The number of likely N-dealkylation sites (N-methyl/N-ethyl adjacent to an activating group) is 1. The number of nitrogens with one attached hydrogen (secondary N) is 1. The van der Waals surface area contributed by atoms with Gasteiger partial charge in [-0.3, -0.25) is 0 Å². The van der Waals surface area contributed by atoms with E-state index in [1.807, 2.05) is 12.3 Å². The first kappa shape index (κ1) is 23.4. The van der Waals surface area contributed by atoms with Crippen LogP contribution < -0.4 is 10.2 Å². The predicted molar refractivity (Wildman–Crippen MR) is 132 cm³/mol. The summed E-state index contributed by atoms with van der Waals surface area (Å²) >= 11 is 0. The fourth-order valence-electron chi connectivity index (χ4n) is 3.34. The number of guanidine groups is 1. The number of pyridine rings is 1. The first-order valence-electron chi connectivity index (χ1n) is 10.1. The van der Waals surface area contributed by atoms with Crippen LogP contribution in [0.3, 0.4) is 0 Å². The summed E-state index contributed by atoms with van der Waals surface area (Å²) in [7, 11) is 4.25. The van der Waals surface area contributed by atoms with E-state index in [4.69, 9.17) is 4.99 Å². The van der Waals surface area contributed by atoms with Gasteiger partial charge in [-0.1, -0.05) is 30.3 Å². The number of rotatable bonds is 6. The molecule has 1 N–H and O–H groups in total. The molecule has 6 nitrogen and oxygen atoms in total. The largest absolute Gasteiger partial charge is 0.357 e. The van der Waals surface area contributed by atoms with Crippen molar-refractivity contribution in [3.63, 3.8) is 0 Å². The van der Waals surface area contributed by atoms with Gasteiger partial charge in [0.1, 0.15) is 5.82 Å².